The molecule has 1 aliphatic heterocycles. The normalized spacial score (nSPS) is 15.3. The van der Waals surface area contributed by atoms with Crippen LogP contribution in [0.25, 0.3) is 0 Å². The molecule has 1 heterocycles. The quantitative estimate of drug-likeness (QED) is 0.553. The third-order valence-electron chi connectivity index (χ3n) is 5.54. The number of rotatable bonds is 10. The van der Waals surface area contributed by atoms with Gasteiger partial charge in [-0.05, 0) is 24.6 Å². The summed E-state index contributed by atoms with van der Waals surface area (Å²) >= 11 is 0. The molecular formula is C25H31N3O5. The first-order valence-electron chi connectivity index (χ1n) is 10.8. The van der Waals surface area contributed by atoms with Crippen molar-refractivity contribution in [3.05, 3.63) is 65.2 Å². The Labute approximate surface area is 194 Å². The van der Waals surface area contributed by atoms with E-state index in [1.807, 2.05) is 55.5 Å². The van der Waals surface area contributed by atoms with Gasteiger partial charge in [-0.25, -0.2) is 5.01 Å². The second-order valence-corrected chi connectivity index (χ2v) is 7.89. The van der Waals surface area contributed by atoms with Crippen LogP contribution in [0.2, 0.25) is 0 Å². The minimum absolute atomic E-state index is 0.100. The van der Waals surface area contributed by atoms with Gasteiger partial charge >= 0.3 is 0 Å². The van der Waals surface area contributed by atoms with E-state index in [4.69, 9.17) is 19.3 Å². The molecule has 3 rings (SSSR count). The lowest BCUT2D eigenvalue weighted by Gasteiger charge is -2.27. The molecule has 8 heteroatoms. The maximum absolute atomic E-state index is 13.4. The van der Waals surface area contributed by atoms with Crippen LogP contribution in [0.15, 0.2) is 53.6 Å². The first-order valence-corrected chi connectivity index (χ1v) is 10.8. The Morgan fingerprint density at radius 1 is 1.09 bits per heavy atom. The fourth-order valence-electron chi connectivity index (χ4n) is 3.71. The monoisotopic (exact) mass is 453 g/mol. The first-order chi connectivity index (χ1) is 16.0. The zero-order valence-corrected chi connectivity index (χ0v) is 19.6. The van der Waals surface area contributed by atoms with Crippen LogP contribution in [-0.4, -0.2) is 75.1 Å². The number of benzene rings is 2. The molecule has 33 heavy (non-hydrogen) atoms. The standard InChI is InChI=1S/C25H31N3O5/c1-18-8-10-19(11-9-18)23-15-22(20-6-5-7-21(14-20)33-4)26-28(23)24(29)16-27(12-13-31-2)25(30)17-32-3/h5-11,14,23H,12-13,15-17H2,1-4H3/t23-/m1/s1. The fourth-order valence-corrected chi connectivity index (χ4v) is 3.71. The van der Waals surface area contributed by atoms with Crippen LogP contribution >= 0.6 is 0 Å². The van der Waals surface area contributed by atoms with Gasteiger partial charge in [0.2, 0.25) is 5.91 Å². The summed E-state index contributed by atoms with van der Waals surface area (Å²) in [5, 5.41) is 6.20. The van der Waals surface area contributed by atoms with Crippen LogP contribution in [0.3, 0.4) is 0 Å². The lowest BCUT2D eigenvalue weighted by atomic mass is 9.97. The molecule has 0 aromatic heterocycles. The molecule has 0 radical (unpaired) electrons. The van der Waals surface area contributed by atoms with Crippen molar-refractivity contribution in [1.82, 2.24) is 9.91 Å². The number of hydrazone groups is 1. The summed E-state index contributed by atoms with van der Waals surface area (Å²) in [6.07, 6.45) is 0.562. The van der Waals surface area contributed by atoms with Crippen molar-refractivity contribution in [2.45, 2.75) is 19.4 Å². The van der Waals surface area contributed by atoms with Crippen molar-refractivity contribution in [2.75, 3.05) is 47.6 Å². The first kappa shape index (κ1) is 24.4. The Balaban J connectivity index is 1.90. The van der Waals surface area contributed by atoms with E-state index in [0.29, 0.717) is 19.6 Å². The van der Waals surface area contributed by atoms with Crippen LogP contribution in [-0.2, 0) is 19.1 Å². The summed E-state index contributed by atoms with van der Waals surface area (Å²) in [4.78, 5) is 27.3. The molecule has 0 saturated carbocycles. The summed E-state index contributed by atoms with van der Waals surface area (Å²) in [5.41, 5.74) is 3.81. The van der Waals surface area contributed by atoms with E-state index in [9.17, 15) is 9.59 Å². The van der Waals surface area contributed by atoms with Gasteiger partial charge in [0, 0.05) is 32.7 Å². The van der Waals surface area contributed by atoms with Gasteiger partial charge < -0.3 is 19.1 Å². The van der Waals surface area contributed by atoms with Gasteiger partial charge in [-0.15, -0.1) is 0 Å². The minimum atomic E-state index is -0.272. The van der Waals surface area contributed by atoms with Crippen LogP contribution in [0.4, 0.5) is 0 Å². The van der Waals surface area contributed by atoms with E-state index < -0.39 is 0 Å². The number of ether oxygens (including phenoxy) is 3. The molecule has 0 unspecified atom stereocenters. The average Bonchev–Trinajstić information content (AvgIpc) is 3.28. The van der Waals surface area contributed by atoms with Crippen molar-refractivity contribution >= 4 is 17.5 Å². The highest BCUT2D eigenvalue weighted by molar-refractivity contribution is 6.03. The van der Waals surface area contributed by atoms with Gasteiger partial charge in [0.25, 0.3) is 5.91 Å². The zero-order chi connectivity index (χ0) is 23.8. The number of aryl methyl sites for hydroxylation is 1. The summed E-state index contributed by atoms with van der Waals surface area (Å²) in [7, 11) is 4.62. The second kappa shape index (κ2) is 11.6. The smallest absolute Gasteiger partial charge is 0.262 e. The Morgan fingerprint density at radius 2 is 1.85 bits per heavy atom. The highest BCUT2D eigenvalue weighted by Crippen LogP contribution is 2.33. The number of amides is 2. The molecule has 0 saturated heterocycles. The summed E-state index contributed by atoms with van der Waals surface area (Å²) in [5.74, 6) is 0.188. The molecule has 1 aliphatic rings. The Morgan fingerprint density at radius 3 is 2.52 bits per heavy atom. The summed E-state index contributed by atoms with van der Waals surface area (Å²) in [6.45, 7) is 2.43. The largest absolute Gasteiger partial charge is 0.497 e. The van der Waals surface area contributed by atoms with Crippen LogP contribution in [0.5, 0.6) is 5.75 Å². The highest BCUT2D eigenvalue weighted by Gasteiger charge is 2.34. The third-order valence-corrected chi connectivity index (χ3v) is 5.54. The molecule has 176 valence electrons. The second-order valence-electron chi connectivity index (χ2n) is 7.89. The van der Waals surface area contributed by atoms with E-state index in [1.165, 1.54) is 17.0 Å². The van der Waals surface area contributed by atoms with Crippen molar-refractivity contribution < 1.29 is 23.8 Å². The fraction of sp³-hybridized carbons (Fsp3) is 0.400. The van der Waals surface area contributed by atoms with Gasteiger partial charge in [0.05, 0.1) is 25.5 Å². The molecular weight excluding hydrogens is 422 g/mol. The SMILES string of the molecule is COCCN(CC(=O)N1N=C(c2cccc(OC)c2)C[C@@H]1c1ccc(C)cc1)C(=O)COC. The molecule has 0 aliphatic carbocycles. The third kappa shape index (κ3) is 6.18. The van der Waals surface area contributed by atoms with Gasteiger partial charge in [-0.2, -0.15) is 5.10 Å². The van der Waals surface area contributed by atoms with Gasteiger partial charge in [0.1, 0.15) is 18.9 Å². The molecule has 0 bridgehead atoms. The maximum Gasteiger partial charge on any atom is 0.262 e. The van der Waals surface area contributed by atoms with E-state index in [2.05, 4.69) is 0 Å². The average molecular weight is 454 g/mol. The molecule has 8 nitrogen and oxygen atoms in total. The van der Waals surface area contributed by atoms with Crippen molar-refractivity contribution in [1.29, 1.82) is 0 Å². The molecule has 2 aromatic carbocycles. The molecule has 0 spiro atoms. The van der Waals surface area contributed by atoms with Crippen LogP contribution in [0, 0.1) is 6.92 Å². The maximum atomic E-state index is 13.4. The van der Waals surface area contributed by atoms with Gasteiger partial charge in [0.15, 0.2) is 0 Å². The predicted octanol–water partition coefficient (Wildman–Crippen LogP) is 2.80. The molecule has 1 atom stereocenters. The number of carbonyl (C=O) groups excluding carboxylic acids is 2. The summed E-state index contributed by atoms with van der Waals surface area (Å²) in [6, 6.07) is 15.4. The van der Waals surface area contributed by atoms with Crippen LogP contribution in [0.1, 0.15) is 29.2 Å². The van der Waals surface area contributed by atoms with Gasteiger partial charge in [-0.3, -0.25) is 9.59 Å². The number of hydrogen-bond donors (Lipinski definition) is 0. The number of nitrogens with zero attached hydrogens (tertiary/aromatic N) is 3. The van der Waals surface area contributed by atoms with Crippen LogP contribution < -0.4 is 4.74 Å². The Hall–Kier alpha value is -3.23. The van der Waals surface area contributed by atoms with E-state index in [0.717, 1.165) is 28.2 Å². The molecule has 2 aromatic rings. The minimum Gasteiger partial charge on any atom is -0.497 e. The predicted molar refractivity (Wildman–Crippen MR) is 125 cm³/mol. The van der Waals surface area contributed by atoms with E-state index >= 15 is 0 Å². The Kier molecular flexibility index (Phi) is 8.57. The summed E-state index contributed by atoms with van der Waals surface area (Å²) < 4.78 is 15.4. The zero-order valence-electron chi connectivity index (χ0n) is 19.6. The Bertz CT molecular complexity index is 990. The molecule has 0 fully saturated rings. The number of carbonyl (C=O) groups is 2. The van der Waals surface area contributed by atoms with E-state index in [-0.39, 0.29) is 31.0 Å². The van der Waals surface area contributed by atoms with Gasteiger partial charge in [-0.1, -0.05) is 42.0 Å². The lowest BCUT2D eigenvalue weighted by molar-refractivity contribution is -0.144. The molecule has 2 amide bonds. The number of hydrogen-bond acceptors (Lipinski definition) is 6. The molecule has 0 N–H and O–H groups in total. The van der Waals surface area contributed by atoms with Crippen molar-refractivity contribution in [3.8, 4) is 5.75 Å². The number of methoxy groups -OCH3 is 3. The topological polar surface area (TPSA) is 80.7 Å². The van der Waals surface area contributed by atoms with Crippen molar-refractivity contribution in [3.63, 3.8) is 0 Å². The lowest BCUT2D eigenvalue weighted by Crippen LogP contribution is -2.44. The van der Waals surface area contributed by atoms with E-state index in [1.54, 1.807) is 14.2 Å². The van der Waals surface area contributed by atoms with Crippen molar-refractivity contribution in [2.24, 2.45) is 5.10 Å². The highest BCUT2D eigenvalue weighted by atomic mass is 16.5.